The summed E-state index contributed by atoms with van der Waals surface area (Å²) >= 11 is 1.48. The van der Waals surface area contributed by atoms with E-state index in [0.29, 0.717) is 25.1 Å². The average molecular weight is 481 g/mol. The van der Waals surface area contributed by atoms with Crippen LogP contribution in [-0.2, 0) is 25.6 Å². The molecule has 4 atom stereocenters. The molecule has 6 N–H and O–H groups in total. The SMILES string of the molecule is CSCCC(NC(=O)C1CCCN1C(=O)C(Cc1ccccc1)NC(=O)C(N)CO)C(=O)O. The van der Waals surface area contributed by atoms with E-state index in [2.05, 4.69) is 10.6 Å². The Labute approximate surface area is 197 Å². The molecule has 1 fully saturated rings. The van der Waals surface area contributed by atoms with E-state index >= 15 is 0 Å². The van der Waals surface area contributed by atoms with Crippen molar-refractivity contribution in [2.24, 2.45) is 5.73 Å². The molecule has 0 saturated carbocycles. The molecule has 11 heteroatoms. The lowest BCUT2D eigenvalue weighted by Gasteiger charge is -2.30. The summed E-state index contributed by atoms with van der Waals surface area (Å²) in [6, 6.07) is 5.05. The van der Waals surface area contributed by atoms with E-state index in [-0.39, 0.29) is 12.8 Å². The summed E-state index contributed by atoms with van der Waals surface area (Å²) in [5, 5.41) is 23.7. The fourth-order valence-electron chi connectivity index (χ4n) is 3.68. The van der Waals surface area contributed by atoms with Crippen LogP contribution in [0.3, 0.4) is 0 Å². The van der Waals surface area contributed by atoms with Gasteiger partial charge in [-0.1, -0.05) is 30.3 Å². The van der Waals surface area contributed by atoms with E-state index in [4.69, 9.17) is 5.73 Å². The van der Waals surface area contributed by atoms with Crippen LogP contribution in [-0.4, -0.2) is 88.1 Å². The number of nitrogens with zero attached hydrogens (tertiary/aromatic N) is 1. The van der Waals surface area contributed by atoms with Crippen LogP contribution in [0.15, 0.2) is 30.3 Å². The van der Waals surface area contributed by atoms with Crippen LogP contribution in [0.2, 0.25) is 0 Å². The Morgan fingerprint density at radius 3 is 2.48 bits per heavy atom. The molecule has 0 radical (unpaired) electrons. The largest absolute Gasteiger partial charge is 0.480 e. The monoisotopic (exact) mass is 480 g/mol. The minimum Gasteiger partial charge on any atom is -0.480 e. The summed E-state index contributed by atoms with van der Waals surface area (Å²) < 4.78 is 0. The van der Waals surface area contributed by atoms with E-state index in [9.17, 15) is 29.4 Å². The molecular weight excluding hydrogens is 448 g/mol. The van der Waals surface area contributed by atoms with Crippen molar-refractivity contribution in [3.05, 3.63) is 35.9 Å². The van der Waals surface area contributed by atoms with E-state index < -0.39 is 54.5 Å². The third-order valence-corrected chi connectivity index (χ3v) is 6.14. The number of rotatable bonds is 12. The molecule has 0 bridgehead atoms. The number of hydrogen-bond donors (Lipinski definition) is 5. The molecule has 0 spiro atoms. The minimum absolute atomic E-state index is 0.180. The molecule has 10 nitrogen and oxygen atoms in total. The number of aliphatic hydroxyl groups is 1. The third kappa shape index (κ3) is 7.72. The molecule has 1 heterocycles. The number of benzene rings is 1. The van der Waals surface area contributed by atoms with E-state index in [1.807, 2.05) is 36.6 Å². The number of carboxylic acid groups (broad SMARTS) is 1. The Hall–Kier alpha value is -2.63. The van der Waals surface area contributed by atoms with Crippen molar-refractivity contribution >= 4 is 35.5 Å². The lowest BCUT2D eigenvalue weighted by atomic mass is 10.0. The zero-order valence-corrected chi connectivity index (χ0v) is 19.4. The van der Waals surface area contributed by atoms with Crippen molar-refractivity contribution in [3.8, 4) is 0 Å². The van der Waals surface area contributed by atoms with Crippen molar-refractivity contribution in [2.45, 2.75) is 49.9 Å². The fraction of sp³-hybridized carbons (Fsp3) is 0.545. The standard InChI is InChI=1S/C22H32N4O6S/c1-33-11-9-16(22(31)32)24-20(29)18-8-5-10-26(18)21(30)17(25-19(28)15(23)13-27)12-14-6-3-2-4-7-14/h2-4,6-7,15-18,27H,5,8-13,23H2,1H3,(H,24,29)(H,25,28)(H,31,32). The summed E-state index contributed by atoms with van der Waals surface area (Å²) in [6.45, 7) is -0.258. The quantitative estimate of drug-likeness (QED) is 0.263. The average Bonchev–Trinajstić information content (AvgIpc) is 3.30. The number of aliphatic hydroxyl groups excluding tert-OH is 1. The Balaban J connectivity index is 2.17. The van der Waals surface area contributed by atoms with E-state index in [1.54, 1.807) is 0 Å². The highest BCUT2D eigenvalue weighted by Gasteiger charge is 2.39. The van der Waals surface area contributed by atoms with Crippen molar-refractivity contribution in [2.75, 3.05) is 25.2 Å². The summed E-state index contributed by atoms with van der Waals surface area (Å²) in [7, 11) is 0. The van der Waals surface area contributed by atoms with Gasteiger partial charge in [-0.3, -0.25) is 14.4 Å². The van der Waals surface area contributed by atoms with Crippen LogP contribution in [0.1, 0.15) is 24.8 Å². The molecule has 1 aromatic rings. The van der Waals surface area contributed by atoms with Gasteiger partial charge in [-0.25, -0.2) is 4.79 Å². The Kier molecular flexibility index (Phi) is 10.6. The molecule has 1 aliphatic rings. The van der Waals surface area contributed by atoms with Gasteiger partial charge in [0, 0.05) is 13.0 Å². The van der Waals surface area contributed by atoms with Crippen LogP contribution in [0.4, 0.5) is 0 Å². The van der Waals surface area contributed by atoms with Gasteiger partial charge in [-0.15, -0.1) is 0 Å². The summed E-state index contributed by atoms with van der Waals surface area (Å²) in [5.41, 5.74) is 6.40. The molecule has 2 rings (SSSR count). The lowest BCUT2D eigenvalue weighted by Crippen LogP contribution is -2.57. The number of amides is 3. The maximum Gasteiger partial charge on any atom is 0.326 e. The number of aliphatic carboxylic acids is 1. The second-order valence-electron chi connectivity index (χ2n) is 7.91. The maximum atomic E-state index is 13.4. The van der Waals surface area contributed by atoms with E-state index in [0.717, 1.165) is 5.56 Å². The van der Waals surface area contributed by atoms with Crippen LogP contribution < -0.4 is 16.4 Å². The van der Waals surface area contributed by atoms with Gasteiger partial charge in [0.1, 0.15) is 24.2 Å². The molecule has 1 aliphatic heterocycles. The highest BCUT2D eigenvalue weighted by Crippen LogP contribution is 2.20. The van der Waals surface area contributed by atoms with Gasteiger partial charge in [0.25, 0.3) is 0 Å². The molecule has 3 amide bonds. The molecule has 1 saturated heterocycles. The topological polar surface area (TPSA) is 162 Å². The van der Waals surface area contributed by atoms with Gasteiger partial charge < -0.3 is 31.5 Å². The lowest BCUT2D eigenvalue weighted by molar-refractivity contribution is -0.145. The van der Waals surface area contributed by atoms with Crippen molar-refractivity contribution in [3.63, 3.8) is 0 Å². The zero-order valence-electron chi connectivity index (χ0n) is 18.6. The third-order valence-electron chi connectivity index (χ3n) is 5.49. The minimum atomic E-state index is -1.18. The first-order valence-corrected chi connectivity index (χ1v) is 12.2. The van der Waals surface area contributed by atoms with Crippen LogP contribution >= 0.6 is 11.8 Å². The normalized spacial score (nSPS) is 18.3. The van der Waals surface area contributed by atoms with Gasteiger partial charge in [-0.05, 0) is 36.8 Å². The fourth-order valence-corrected chi connectivity index (χ4v) is 4.15. The van der Waals surface area contributed by atoms with Crippen LogP contribution in [0.25, 0.3) is 0 Å². The molecule has 0 aromatic heterocycles. The number of nitrogens with two attached hydrogens (primary N) is 1. The molecular formula is C22H32N4O6S. The predicted molar refractivity (Wildman–Crippen MR) is 124 cm³/mol. The van der Waals surface area contributed by atoms with Gasteiger partial charge >= 0.3 is 5.97 Å². The molecule has 0 aliphatic carbocycles. The molecule has 1 aromatic carbocycles. The summed E-state index contributed by atoms with van der Waals surface area (Å²) in [4.78, 5) is 51.5. The van der Waals surface area contributed by atoms with Crippen LogP contribution in [0.5, 0.6) is 0 Å². The number of thioether (sulfide) groups is 1. The number of likely N-dealkylation sites (tertiary alicyclic amines) is 1. The zero-order chi connectivity index (χ0) is 24.4. The molecule has 182 valence electrons. The van der Waals surface area contributed by atoms with Gasteiger partial charge in [-0.2, -0.15) is 11.8 Å². The smallest absolute Gasteiger partial charge is 0.326 e. The van der Waals surface area contributed by atoms with Crippen LogP contribution in [0, 0.1) is 0 Å². The number of carbonyl (C=O) groups excluding carboxylic acids is 3. The second kappa shape index (κ2) is 13.2. The Morgan fingerprint density at radius 2 is 1.88 bits per heavy atom. The van der Waals surface area contributed by atoms with Crippen molar-refractivity contribution in [1.29, 1.82) is 0 Å². The van der Waals surface area contributed by atoms with Crippen molar-refractivity contribution < 1.29 is 29.4 Å². The predicted octanol–water partition coefficient (Wildman–Crippen LogP) is -0.653. The molecule has 4 unspecified atom stereocenters. The van der Waals surface area contributed by atoms with Gasteiger partial charge in [0.15, 0.2) is 0 Å². The van der Waals surface area contributed by atoms with Gasteiger partial charge in [0.2, 0.25) is 17.7 Å². The Morgan fingerprint density at radius 1 is 1.18 bits per heavy atom. The maximum absolute atomic E-state index is 13.4. The number of hydrogen-bond acceptors (Lipinski definition) is 7. The first-order chi connectivity index (χ1) is 15.8. The first kappa shape index (κ1) is 26.6. The summed E-state index contributed by atoms with van der Waals surface area (Å²) in [6.07, 6.45) is 3.28. The Bertz CT molecular complexity index is 824. The van der Waals surface area contributed by atoms with Gasteiger partial charge in [0.05, 0.1) is 6.61 Å². The summed E-state index contributed by atoms with van der Waals surface area (Å²) in [5.74, 6) is -2.20. The number of nitrogens with one attached hydrogen (secondary N) is 2. The van der Waals surface area contributed by atoms with E-state index in [1.165, 1.54) is 16.7 Å². The second-order valence-corrected chi connectivity index (χ2v) is 8.90. The first-order valence-electron chi connectivity index (χ1n) is 10.8. The van der Waals surface area contributed by atoms with Crippen molar-refractivity contribution in [1.82, 2.24) is 15.5 Å². The highest BCUT2D eigenvalue weighted by atomic mass is 32.2. The number of carbonyl (C=O) groups is 4. The number of carboxylic acids is 1. The highest BCUT2D eigenvalue weighted by molar-refractivity contribution is 7.98. The molecule has 33 heavy (non-hydrogen) atoms.